The van der Waals surface area contributed by atoms with E-state index in [2.05, 4.69) is 33.4 Å². The van der Waals surface area contributed by atoms with E-state index < -0.39 is 17.9 Å². The molecule has 3 rings (SSSR count). The number of carboxylic acids is 1. The molecule has 118 valence electrons. The number of aliphatic carboxylic acids is 1. The predicted molar refractivity (Wildman–Crippen MR) is 91.2 cm³/mol. The summed E-state index contributed by atoms with van der Waals surface area (Å²) in [7, 11) is 0. The van der Waals surface area contributed by atoms with E-state index in [1.165, 1.54) is 11.1 Å². The van der Waals surface area contributed by atoms with Gasteiger partial charge in [0.1, 0.15) is 6.04 Å². The largest absolute Gasteiger partial charge is 0.480 e. The first-order chi connectivity index (χ1) is 10.9. The Balaban J connectivity index is 1.76. The maximum atomic E-state index is 11.8. The Morgan fingerprint density at radius 2 is 1.83 bits per heavy atom. The average molecular weight is 375 g/mol. The number of carboxylic acid groups (broad SMARTS) is 1. The Morgan fingerprint density at radius 1 is 1.17 bits per heavy atom. The van der Waals surface area contributed by atoms with Crippen LogP contribution in [0.5, 0.6) is 0 Å². The maximum Gasteiger partial charge on any atom is 0.321 e. The summed E-state index contributed by atoms with van der Waals surface area (Å²) in [5, 5.41) is 11.4. The highest BCUT2D eigenvalue weighted by Crippen LogP contribution is 2.38. The van der Waals surface area contributed by atoms with Crippen LogP contribution in [0.2, 0.25) is 0 Å². The SMILES string of the molecule is N[C@@H](CC(=O)Nc1ccc2c(c1)Cc1cc(Br)ccc1-2)C(=O)O. The van der Waals surface area contributed by atoms with Gasteiger partial charge in [0, 0.05) is 10.2 Å². The van der Waals surface area contributed by atoms with Gasteiger partial charge in [-0.15, -0.1) is 0 Å². The number of nitrogens with two attached hydrogens (primary N) is 1. The summed E-state index contributed by atoms with van der Waals surface area (Å²) in [5.74, 6) is -1.59. The third-order valence-electron chi connectivity index (χ3n) is 3.85. The van der Waals surface area contributed by atoms with Crippen LogP contribution >= 0.6 is 15.9 Å². The van der Waals surface area contributed by atoms with Gasteiger partial charge >= 0.3 is 5.97 Å². The number of halogens is 1. The lowest BCUT2D eigenvalue weighted by molar-refractivity contribution is -0.140. The van der Waals surface area contributed by atoms with Crippen molar-refractivity contribution >= 4 is 33.5 Å². The van der Waals surface area contributed by atoms with E-state index in [-0.39, 0.29) is 6.42 Å². The lowest BCUT2D eigenvalue weighted by Crippen LogP contribution is -2.34. The molecule has 6 heteroatoms. The molecule has 0 spiro atoms. The molecular weight excluding hydrogens is 360 g/mol. The molecule has 0 heterocycles. The highest BCUT2D eigenvalue weighted by atomic mass is 79.9. The molecule has 1 aliphatic carbocycles. The second-order valence-corrected chi connectivity index (χ2v) is 6.46. The summed E-state index contributed by atoms with van der Waals surface area (Å²) in [6, 6.07) is 10.7. The van der Waals surface area contributed by atoms with E-state index in [0.29, 0.717) is 5.69 Å². The number of hydrogen-bond acceptors (Lipinski definition) is 3. The van der Waals surface area contributed by atoms with Crippen molar-refractivity contribution in [3.05, 3.63) is 52.0 Å². The topological polar surface area (TPSA) is 92.4 Å². The van der Waals surface area contributed by atoms with Crippen LogP contribution in [0.15, 0.2) is 40.9 Å². The molecule has 1 amide bonds. The van der Waals surface area contributed by atoms with Crippen molar-refractivity contribution in [1.29, 1.82) is 0 Å². The number of amides is 1. The van der Waals surface area contributed by atoms with E-state index in [1.54, 1.807) is 0 Å². The molecule has 1 atom stereocenters. The third kappa shape index (κ3) is 3.28. The lowest BCUT2D eigenvalue weighted by atomic mass is 10.1. The smallest absolute Gasteiger partial charge is 0.321 e. The fourth-order valence-electron chi connectivity index (χ4n) is 2.76. The van der Waals surface area contributed by atoms with Gasteiger partial charge in [0.05, 0.1) is 6.42 Å². The quantitative estimate of drug-likeness (QED) is 0.654. The Hall–Kier alpha value is -2.18. The highest BCUT2D eigenvalue weighted by Gasteiger charge is 2.20. The normalized spacial score (nSPS) is 13.1. The van der Waals surface area contributed by atoms with Crippen molar-refractivity contribution in [2.75, 3.05) is 5.32 Å². The minimum atomic E-state index is -1.19. The molecule has 0 fully saturated rings. The van der Waals surface area contributed by atoms with Gasteiger partial charge in [-0.2, -0.15) is 0 Å². The van der Waals surface area contributed by atoms with Crippen molar-refractivity contribution in [2.24, 2.45) is 5.73 Å². The van der Waals surface area contributed by atoms with Crippen LogP contribution in [0, 0.1) is 0 Å². The van der Waals surface area contributed by atoms with Gasteiger partial charge in [-0.25, -0.2) is 0 Å². The van der Waals surface area contributed by atoms with Crippen LogP contribution in [0.25, 0.3) is 11.1 Å². The number of anilines is 1. The van der Waals surface area contributed by atoms with Gasteiger partial charge in [-0.05, 0) is 52.9 Å². The zero-order valence-corrected chi connectivity index (χ0v) is 13.8. The maximum absolute atomic E-state index is 11.8. The Bertz CT molecular complexity index is 804. The molecule has 0 bridgehead atoms. The second-order valence-electron chi connectivity index (χ2n) is 5.55. The Morgan fingerprint density at radius 3 is 2.52 bits per heavy atom. The number of carbonyl (C=O) groups excluding carboxylic acids is 1. The van der Waals surface area contributed by atoms with E-state index >= 15 is 0 Å². The first-order valence-corrected chi connectivity index (χ1v) is 7.93. The molecule has 0 saturated heterocycles. The molecule has 23 heavy (non-hydrogen) atoms. The minimum absolute atomic E-state index is 0.250. The fraction of sp³-hybridized carbons (Fsp3) is 0.176. The molecule has 0 unspecified atom stereocenters. The zero-order valence-electron chi connectivity index (χ0n) is 12.2. The Kier molecular flexibility index (Phi) is 4.19. The number of nitrogens with one attached hydrogen (secondary N) is 1. The minimum Gasteiger partial charge on any atom is -0.480 e. The number of fused-ring (bicyclic) bond motifs is 3. The van der Waals surface area contributed by atoms with Gasteiger partial charge < -0.3 is 16.2 Å². The van der Waals surface area contributed by atoms with E-state index in [1.807, 2.05) is 24.3 Å². The van der Waals surface area contributed by atoms with Crippen LogP contribution in [-0.4, -0.2) is 23.0 Å². The van der Waals surface area contributed by atoms with Gasteiger partial charge in [0.2, 0.25) is 5.91 Å². The van der Waals surface area contributed by atoms with Crippen molar-refractivity contribution in [3.8, 4) is 11.1 Å². The first kappa shape index (κ1) is 15.7. The van der Waals surface area contributed by atoms with Gasteiger partial charge in [-0.3, -0.25) is 9.59 Å². The third-order valence-corrected chi connectivity index (χ3v) is 4.34. The average Bonchev–Trinajstić information content (AvgIpc) is 2.83. The molecule has 2 aromatic rings. The number of rotatable bonds is 4. The van der Waals surface area contributed by atoms with Crippen LogP contribution in [-0.2, 0) is 16.0 Å². The summed E-state index contributed by atoms with van der Waals surface area (Å²) >= 11 is 3.47. The standard InChI is InChI=1S/C17H15BrN2O3/c18-11-1-3-13-9(6-11)5-10-7-12(2-4-14(10)13)20-16(21)8-15(19)17(22)23/h1-4,6-7,15H,5,8,19H2,(H,20,21)(H,22,23)/t15-/m0/s1. The summed E-state index contributed by atoms with van der Waals surface area (Å²) in [6.07, 6.45) is 0.558. The van der Waals surface area contributed by atoms with Crippen LogP contribution < -0.4 is 11.1 Å². The summed E-state index contributed by atoms with van der Waals surface area (Å²) < 4.78 is 1.04. The number of benzene rings is 2. The van der Waals surface area contributed by atoms with Gasteiger partial charge in [0.25, 0.3) is 0 Å². The summed E-state index contributed by atoms with van der Waals surface area (Å²) in [6.45, 7) is 0. The summed E-state index contributed by atoms with van der Waals surface area (Å²) in [5.41, 5.74) is 10.8. The predicted octanol–water partition coefficient (Wildman–Crippen LogP) is 2.76. The number of hydrogen-bond donors (Lipinski definition) is 3. The number of carbonyl (C=O) groups is 2. The molecule has 0 saturated carbocycles. The molecule has 5 nitrogen and oxygen atoms in total. The lowest BCUT2D eigenvalue weighted by Gasteiger charge is -2.09. The van der Waals surface area contributed by atoms with Crippen molar-refractivity contribution in [1.82, 2.24) is 0 Å². The first-order valence-electron chi connectivity index (χ1n) is 7.14. The van der Waals surface area contributed by atoms with Crippen molar-refractivity contribution in [3.63, 3.8) is 0 Å². The van der Waals surface area contributed by atoms with Crippen LogP contribution in [0.3, 0.4) is 0 Å². The van der Waals surface area contributed by atoms with E-state index in [4.69, 9.17) is 10.8 Å². The molecule has 2 aromatic carbocycles. The van der Waals surface area contributed by atoms with E-state index in [0.717, 1.165) is 22.0 Å². The molecule has 1 aliphatic rings. The van der Waals surface area contributed by atoms with Crippen molar-refractivity contribution in [2.45, 2.75) is 18.9 Å². The molecular formula is C17H15BrN2O3. The zero-order chi connectivity index (χ0) is 16.6. The fourth-order valence-corrected chi connectivity index (χ4v) is 3.16. The van der Waals surface area contributed by atoms with Crippen LogP contribution in [0.1, 0.15) is 17.5 Å². The van der Waals surface area contributed by atoms with Gasteiger partial charge in [-0.1, -0.05) is 28.1 Å². The highest BCUT2D eigenvalue weighted by molar-refractivity contribution is 9.10. The molecule has 4 N–H and O–H groups in total. The van der Waals surface area contributed by atoms with Crippen LogP contribution in [0.4, 0.5) is 5.69 Å². The second kappa shape index (κ2) is 6.14. The molecule has 0 aliphatic heterocycles. The van der Waals surface area contributed by atoms with E-state index in [9.17, 15) is 9.59 Å². The monoisotopic (exact) mass is 374 g/mol. The Labute approximate surface area is 141 Å². The van der Waals surface area contributed by atoms with Gasteiger partial charge in [0.15, 0.2) is 0 Å². The molecule has 0 radical (unpaired) electrons. The van der Waals surface area contributed by atoms with Crippen molar-refractivity contribution < 1.29 is 14.7 Å². The molecule has 0 aromatic heterocycles. The summed E-state index contributed by atoms with van der Waals surface area (Å²) in [4.78, 5) is 22.5.